The van der Waals surface area contributed by atoms with Gasteiger partial charge in [-0.05, 0) is 73.8 Å². The topological polar surface area (TPSA) is 104 Å². The molecule has 51 heavy (non-hydrogen) atoms. The van der Waals surface area contributed by atoms with Crippen LogP contribution in [0.15, 0.2) is 73.1 Å². The molecular formula is C37H35Cl2F2N3O7. The predicted octanol–water partition coefficient (Wildman–Crippen LogP) is 7.30. The fourth-order valence-electron chi connectivity index (χ4n) is 6.52. The van der Waals surface area contributed by atoms with Gasteiger partial charge in [-0.25, -0.2) is 18.4 Å². The summed E-state index contributed by atoms with van der Waals surface area (Å²) >= 11 is 12.7. The smallest absolute Gasteiger partial charge is 0.415 e. The first kappa shape index (κ1) is 36.2. The van der Waals surface area contributed by atoms with Crippen molar-refractivity contribution in [1.82, 2.24) is 4.90 Å². The van der Waals surface area contributed by atoms with Crippen LogP contribution < -0.4 is 19.1 Å². The van der Waals surface area contributed by atoms with Crippen LogP contribution in [-0.2, 0) is 22.4 Å². The zero-order valence-corrected chi connectivity index (χ0v) is 29.3. The largest absolute Gasteiger partial charge is 0.619 e. The molecule has 14 heteroatoms. The average molecular weight is 743 g/mol. The first-order chi connectivity index (χ1) is 24.5. The molecule has 4 heterocycles. The maximum absolute atomic E-state index is 15.8. The van der Waals surface area contributed by atoms with Crippen LogP contribution in [0.4, 0.5) is 19.3 Å². The summed E-state index contributed by atoms with van der Waals surface area (Å²) in [5.41, 5.74) is 0.650. The highest BCUT2D eigenvalue weighted by Gasteiger charge is 2.38. The molecule has 1 aromatic heterocycles. The first-order valence-electron chi connectivity index (χ1n) is 16.3. The van der Waals surface area contributed by atoms with Gasteiger partial charge in [-0.2, -0.15) is 4.73 Å². The van der Waals surface area contributed by atoms with E-state index in [-0.39, 0.29) is 51.8 Å². The maximum Gasteiger partial charge on any atom is 0.415 e. The summed E-state index contributed by atoms with van der Waals surface area (Å²) in [4.78, 5) is 30.4. The molecule has 0 N–H and O–H groups in total. The Morgan fingerprint density at radius 3 is 2.29 bits per heavy atom. The van der Waals surface area contributed by atoms with Crippen LogP contribution in [0.1, 0.15) is 46.0 Å². The summed E-state index contributed by atoms with van der Waals surface area (Å²) in [5.74, 6) is -1.37. The molecule has 0 saturated carbocycles. The molecule has 1 amide bonds. The number of anilines is 1. The van der Waals surface area contributed by atoms with Gasteiger partial charge < -0.3 is 24.2 Å². The molecule has 3 aliphatic rings. The third-order valence-corrected chi connectivity index (χ3v) is 9.96. The molecule has 2 atom stereocenters. The van der Waals surface area contributed by atoms with Gasteiger partial charge in [0.05, 0.1) is 32.0 Å². The molecule has 3 saturated heterocycles. The number of rotatable bonds is 11. The van der Waals surface area contributed by atoms with Gasteiger partial charge in [-0.3, -0.25) is 9.80 Å². The van der Waals surface area contributed by atoms with Gasteiger partial charge in [-0.15, -0.1) is 0 Å². The Labute approximate surface area is 303 Å². The Kier molecular flexibility index (Phi) is 11.1. The van der Waals surface area contributed by atoms with Gasteiger partial charge in [0.15, 0.2) is 23.9 Å². The second kappa shape index (κ2) is 15.7. The number of carbonyl (C=O) groups excluding carboxylic acids is 2. The van der Waals surface area contributed by atoms with Gasteiger partial charge in [0, 0.05) is 24.1 Å². The molecule has 0 radical (unpaired) electrons. The third kappa shape index (κ3) is 8.14. The maximum atomic E-state index is 15.8. The van der Waals surface area contributed by atoms with E-state index in [2.05, 4.69) is 4.90 Å². The van der Waals surface area contributed by atoms with Crippen molar-refractivity contribution in [3.05, 3.63) is 122 Å². The minimum atomic E-state index is -1.02. The number of aromatic nitrogens is 1. The number of esters is 1. The fourth-order valence-corrected chi connectivity index (χ4v) is 7.12. The van der Waals surface area contributed by atoms with E-state index in [9.17, 15) is 14.8 Å². The van der Waals surface area contributed by atoms with Crippen molar-refractivity contribution in [2.75, 3.05) is 38.8 Å². The van der Waals surface area contributed by atoms with Gasteiger partial charge in [0.1, 0.15) is 33.9 Å². The van der Waals surface area contributed by atoms with Crippen LogP contribution in [0.2, 0.25) is 10.0 Å². The Hall–Kier alpha value is -4.65. The second-order valence-electron chi connectivity index (χ2n) is 12.4. The lowest BCUT2D eigenvalue weighted by Crippen LogP contribution is -2.53. The first-order valence-corrected chi connectivity index (χ1v) is 17.0. The quantitative estimate of drug-likeness (QED) is 0.0897. The average Bonchev–Trinajstić information content (AvgIpc) is 3.12. The SMILES string of the molecule is COc1ccc([C@H](Cc2c(Cl)c[n+]([O-])cc2Cl)OC(=O)c2ccc(CN(C(=O)O[C@H]3CN4CCC3CC4)c3ccccc3F)c(F)c2)cc1OC. The Morgan fingerprint density at radius 1 is 0.961 bits per heavy atom. The molecule has 10 nitrogen and oxygen atoms in total. The summed E-state index contributed by atoms with van der Waals surface area (Å²) in [6.07, 6.45) is 1.86. The van der Waals surface area contributed by atoms with Crippen LogP contribution in [0.5, 0.6) is 11.5 Å². The molecule has 3 aromatic carbocycles. The lowest BCUT2D eigenvalue weighted by Gasteiger charge is -2.44. The molecule has 3 aliphatic heterocycles. The van der Waals surface area contributed by atoms with Crippen LogP contribution in [0.25, 0.3) is 0 Å². The highest BCUT2D eigenvalue weighted by Crippen LogP contribution is 2.36. The molecule has 268 valence electrons. The number of halogens is 4. The molecule has 0 spiro atoms. The molecule has 0 unspecified atom stereocenters. The number of methoxy groups -OCH3 is 2. The molecular weight excluding hydrogens is 707 g/mol. The van der Waals surface area contributed by atoms with E-state index in [1.54, 1.807) is 24.3 Å². The number of nitrogens with zero attached hydrogens (tertiary/aromatic N) is 3. The number of pyridine rings is 1. The molecule has 4 aromatic rings. The van der Waals surface area contributed by atoms with Gasteiger partial charge in [-0.1, -0.05) is 47.5 Å². The second-order valence-corrected chi connectivity index (χ2v) is 13.2. The van der Waals surface area contributed by atoms with Crippen LogP contribution in [0.3, 0.4) is 0 Å². The van der Waals surface area contributed by atoms with Crippen molar-refractivity contribution >= 4 is 41.0 Å². The van der Waals surface area contributed by atoms with Gasteiger partial charge in [0.25, 0.3) is 0 Å². The van der Waals surface area contributed by atoms with Crippen molar-refractivity contribution in [2.45, 2.75) is 38.0 Å². The van der Waals surface area contributed by atoms with Crippen molar-refractivity contribution < 1.29 is 42.0 Å². The molecule has 3 fully saturated rings. The number of carbonyl (C=O) groups is 2. The minimum absolute atomic E-state index is 0.0193. The Bertz CT molecular complexity index is 1900. The van der Waals surface area contributed by atoms with Crippen molar-refractivity contribution in [2.24, 2.45) is 5.92 Å². The third-order valence-electron chi connectivity index (χ3n) is 9.31. The summed E-state index contributed by atoms with van der Waals surface area (Å²) in [6.45, 7) is 2.12. The van der Waals surface area contributed by atoms with E-state index in [0.717, 1.165) is 49.3 Å². The summed E-state index contributed by atoms with van der Waals surface area (Å²) in [5, 5.41) is 12.0. The number of piperidine rings is 3. The molecule has 0 aliphatic carbocycles. The van der Waals surface area contributed by atoms with Crippen LogP contribution >= 0.6 is 23.2 Å². The van der Waals surface area contributed by atoms with Crippen LogP contribution in [0, 0.1) is 22.8 Å². The lowest BCUT2D eigenvalue weighted by molar-refractivity contribution is -0.605. The standard InChI is InChI=1S/C37H35Cl2F2N3O7/c1-48-32-10-9-23(16-34(32)49-2)33(17-26-27(38)19-43(47)20-28(26)39)50-36(45)24-7-8-25(30(41)15-24)18-44(31-6-4-3-5-29(31)40)37(46)51-35-21-42-13-11-22(35)12-14-42/h3-10,15-16,19-20,22,33,35H,11-14,17-18,21H2,1-2H3/t33-,35-/m0/s1. The number of para-hydroxylation sites is 1. The van der Waals surface area contributed by atoms with E-state index in [0.29, 0.717) is 33.9 Å². The summed E-state index contributed by atoms with van der Waals surface area (Å²) < 4.78 is 53.8. The number of benzene rings is 3. The van der Waals surface area contributed by atoms with E-state index >= 15 is 8.78 Å². The van der Waals surface area contributed by atoms with E-state index in [1.807, 2.05) is 0 Å². The van der Waals surface area contributed by atoms with Crippen LogP contribution in [-0.4, -0.2) is 56.9 Å². The van der Waals surface area contributed by atoms with Crippen molar-refractivity contribution in [1.29, 1.82) is 0 Å². The molecule has 7 rings (SSSR count). The summed E-state index contributed by atoms with van der Waals surface area (Å²) in [7, 11) is 2.93. The van der Waals surface area contributed by atoms with Crippen molar-refractivity contribution in [3.63, 3.8) is 0 Å². The van der Waals surface area contributed by atoms with Gasteiger partial charge >= 0.3 is 12.1 Å². The Morgan fingerprint density at radius 2 is 1.67 bits per heavy atom. The summed E-state index contributed by atoms with van der Waals surface area (Å²) in [6, 6.07) is 14.3. The molecule has 2 bridgehead atoms. The fraction of sp³-hybridized carbons (Fsp3) is 0.324. The zero-order valence-electron chi connectivity index (χ0n) is 27.8. The number of hydrogen-bond donors (Lipinski definition) is 0. The lowest BCUT2D eigenvalue weighted by atomic mass is 9.86. The highest BCUT2D eigenvalue weighted by atomic mass is 35.5. The normalized spacial score (nSPS) is 18.5. The number of ether oxygens (including phenoxy) is 4. The number of amides is 1. The van der Waals surface area contributed by atoms with Gasteiger partial charge in [0.2, 0.25) is 0 Å². The van der Waals surface area contributed by atoms with E-state index in [4.69, 9.17) is 42.1 Å². The van der Waals surface area contributed by atoms with E-state index in [1.165, 1.54) is 44.6 Å². The zero-order chi connectivity index (χ0) is 36.2. The number of hydrogen-bond acceptors (Lipinski definition) is 8. The minimum Gasteiger partial charge on any atom is -0.619 e. The number of fused-ring (bicyclic) bond motifs is 3. The van der Waals surface area contributed by atoms with Crippen molar-refractivity contribution in [3.8, 4) is 11.5 Å². The monoisotopic (exact) mass is 741 g/mol. The van der Waals surface area contributed by atoms with E-state index < -0.39 is 29.8 Å². The predicted molar refractivity (Wildman–Crippen MR) is 185 cm³/mol. The highest BCUT2D eigenvalue weighted by molar-refractivity contribution is 6.35. The Balaban J connectivity index is 1.25.